The van der Waals surface area contributed by atoms with Gasteiger partial charge in [-0.1, -0.05) is 0 Å². The second-order valence-corrected chi connectivity index (χ2v) is 4.30. The first kappa shape index (κ1) is 12.7. The first-order valence-electron chi connectivity index (χ1n) is 5.35. The molecule has 2 rings (SSSR count). The number of hydrogen-bond donors (Lipinski definition) is 2. The standard InChI is InChI=1S/C11H11F2N3OS/c12-6-3-4-7-10(9(6)13)16(11(18)15-7)5-1-2-8(14)17/h3-4H,1-2,5H2,(H2,14,17)(H,15,18). The van der Waals surface area contributed by atoms with E-state index in [1.807, 2.05) is 0 Å². The SMILES string of the molecule is NC(=O)CCCn1c(=S)[nH]c2ccc(F)c(F)c21. The van der Waals surface area contributed by atoms with Crippen LogP contribution in [0.15, 0.2) is 12.1 Å². The zero-order valence-corrected chi connectivity index (χ0v) is 10.2. The molecule has 1 aromatic carbocycles. The smallest absolute Gasteiger partial charge is 0.217 e. The lowest BCUT2D eigenvalue weighted by molar-refractivity contribution is -0.118. The molecule has 4 nitrogen and oxygen atoms in total. The van der Waals surface area contributed by atoms with Gasteiger partial charge in [-0.3, -0.25) is 4.79 Å². The van der Waals surface area contributed by atoms with Crippen LogP contribution in [0.2, 0.25) is 0 Å². The van der Waals surface area contributed by atoms with E-state index in [-0.39, 0.29) is 11.9 Å². The average Bonchev–Trinajstić information content (AvgIpc) is 2.61. The van der Waals surface area contributed by atoms with Crippen molar-refractivity contribution in [1.29, 1.82) is 0 Å². The second-order valence-electron chi connectivity index (χ2n) is 3.91. The third-order valence-corrected chi connectivity index (χ3v) is 2.95. The number of carbonyl (C=O) groups excluding carboxylic acids is 1. The summed E-state index contributed by atoms with van der Waals surface area (Å²) in [5, 5.41) is 0. The largest absolute Gasteiger partial charge is 0.370 e. The van der Waals surface area contributed by atoms with E-state index >= 15 is 0 Å². The fourth-order valence-corrected chi connectivity index (χ4v) is 2.11. The molecule has 1 heterocycles. The van der Waals surface area contributed by atoms with Gasteiger partial charge >= 0.3 is 0 Å². The number of H-pyrrole nitrogens is 1. The van der Waals surface area contributed by atoms with E-state index in [2.05, 4.69) is 4.98 Å². The molecular weight excluding hydrogens is 260 g/mol. The normalized spacial score (nSPS) is 11.0. The highest BCUT2D eigenvalue weighted by Gasteiger charge is 2.13. The molecule has 0 saturated heterocycles. The molecule has 0 spiro atoms. The number of primary amides is 1. The number of fused-ring (bicyclic) bond motifs is 1. The Hall–Kier alpha value is -1.76. The summed E-state index contributed by atoms with van der Waals surface area (Å²) in [5.41, 5.74) is 5.54. The number of rotatable bonds is 4. The molecule has 0 aliphatic rings. The van der Waals surface area contributed by atoms with Gasteiger partial charge in [0.15, 0.2) is 16.4 Å². The number of carbonyl (C=O) groups is 1. The zero-order valence-electron chi connectivity index (χ0n) is 9.37. The van der Waals surface area contributed by atoms with Crippen molar-refractivity contribution in [3.05, 3.63) is 28.5 Å². The predicted molar refractivity (Wildman–Crippen MR) is 65.5 cm³/mol. The Kier molecular flexibility index (Phi) is 3.42. The number of aryl methyl sites for hydroxylation is 1. The van der Waals surface area contributed by atoms with Gasteiger partial charge in [0.05, 0.1) is 5.52 Å². The summed E-state index contributed by atoms with van der Waals surface area (Å²) in [5.74, 6) is -2.31. The minimum atomic E-state index is -0.945. The molecule has 0 atom stereocenters. The van der Waals surface area contributed by atoms with E-state index in [0.29, 0.717) is 23.3 Å². The number of aromatic nitrogens is 2. The second kappa shape index (κ2) is 4.85. The lowest BCUT2D eigenvalue weighted by Gasteiger charge is -2.04. The number of amides is 1. The molecule has 3 N–H and O–H groups in total. The predicted octanol–water partition coefficient (Wildman–Crippen LogP) is 2.24. The van der Waals surface area contributed by atoms with Crippen LogP contribution < -0.4 is 5.73 Å². The van der Waals surface area contributed by atoms with E-state index in [1.54, 1.807) is 0 Å². The van der Waals surface area contributed by atoms with Crippen LogP contribution in [0.5, 0.6) is 0 Å². The summed E-state index contributed by atoms with van der Waals surface area (Å²) in [6.45, 7) is 0.308. The van der Waals surface area contributed by atoms with Crippen molar-refractivity contribution in [3.63, 3.8) is 0 Å². The number of benzene rings is 1. The maximum absolute atomic E-state index is 13.7. The Bertz CT molecular complexity index is 662. The number of nitrogens with zero attached hydrogens (tertiary/aromatic N) is 1. The number of nitrogens with two attached hydrogens (primary N) is 1. The summed E-state index contributed by atoms with van der Waals surface area (Å²) in [7, 11) is 0. The Morgan fingerprint density at radius 1 is 1.44 bits per heavy atom. The number of halogens is 2. The summed E-state index contributed by atoms with van der Waals surface area (Å²) in [6.07, 6.45) is 0.595. The van der Waals surface area contributed by atoms with Crippen molar-refractivity contribution in [3.8, 4) is 0 Å². The topological polar surface area (TPSA) is 63.8 Å². The van der Waals surface area contributed by atoms with Gasteiger partial charge in [0.25, 0.3) is 0 Å². The van der Waals surface area contributed by atoms with Crippen LogP contribution in [-0.2, 0) is 11.3 Å². The van der Waals surface area contributed by atoms with Crippen LogP contribution in [0, 0.1) is 16.4 Å². The lowest BCUT2D eigenvalue weighted by atomic mass is 10.2. The number of aromatic amines is 1. The van der Waals surface area contributed by atoms with Gasteiger partial charge in [-0.15, -0.1) is 0 Å². The van der Waals surface area contributed by atoms with Crippen molar-refractivity contribution in [2.75, 3.05) is 0 Å². The molecule has 0 aliphatic carbocycles. The van der Waals surface area contributed by atoms with Gasteiger partial charge in [-0.05, 0) is 30.8 Å². The molecule has 0 saturated carbocycles. The van der Waals surface area contributed by atoms with Gasteiger partial charge in [-0.25, -0.2) is 8.78 Å². The molecule has 0 aliphatic heterocycles. The molecule has 0 fully saturated rings. The van der Waals surface area contributed by atoms with E-state index in [0.717, 1.165) is 6.07 Å². The third kappa shape index (κ3) is 2.26. The quantitative estimate of drug-likeness (QED) is 0.838. The first-order valence-corrected chi connectivity index (χ1v) is 5.76. The minimum absolute atomic E-state index is 0.0875. The van der Waals surface area contributed by atoms with Crippen LogP contribution in [0.4, 0.5) is 8.78 Å². The van der Waals surface area contributed by atoms with Crippen molar-refractivity contribution < 1.29 is 13.6 Å². The molecule has 0 radical (unpaired) electrons. The zero-order chi connectivity index (χ0) is 13.3. The Balaban J connectivity index is 2.43. The van der Waals surface area contributed by atoms with Gasteiger partial charge in [0.2, 0.25) is 5.91 Å². The van der Waals surface area contributed by atoms with Crippen LogP contribution in [0.1, 0.15) is 12.8 Å². The Labute approximate surface area is 106 Å². The molecule has 1 aromatic heterocycles. The van der Waals surface area contributed by atoms with Crippen LogP contribution in [-0.4, -0.2) is 15.5 Å². The number of nitrogens with one attached hydrogen (secondary N) is 1. The molecule has 96 valence electrons. The fourth-order valence-electron chi connectivity index (χ4n) is 1.81. The van der Waals surface area contributed by atoms with Crippen molar-refractivity contribution in [1.82, 2.24) is 9.55 Å². The highest BCUT2D eigenvalue weighted by molar-refractivity contribution is 7.71. The highest BCUT2D eigenvalue weighted by Crippen LogP contribution is 2.20. The lowest BCUT2D eigenvalue weighted by Crippen LogP contribution is -2.11. The Morgan fingerprint density at radius 2 is 2.17 bits per heavy atom. The first-order chi connectivity index (χ1) is 8.50. The summed E-state index contributed by atoms with van der Waals surface area (Å²) < 4.78 is 28.6. The molecule has 0 bridgehead atoms. The number of hydrogen-bond acceptors (Lipinski definition) is 2. The third-order valence-electron chi connectivity index (χ3n) is 2.63. The number of imidazole rings is 1. The summed E-state index contributed by atoms with van der Waals surface area (Å²) in [6, 6.07) is 2.46. The molecule has 0 unspecified atom stereocenters. The van der Waals surface area contributed by atoms with E-state index in [9.17, 15) is 13.6 Å². The maximum Gasteiger partial charge on any atom is 0.217 e. The van der Waals surface area contributed by atoms with E-state index < -0.39 is 17.5 Å². The Morgan fingerprint density at radius 3 is 2.83 bits per heavy atom. The molecule has 18 heavy (non-hydrogen) atoms. The molecule has 7 heteroatoms. The van der Waals surface area contributed by atoms with Crippen LogP contribution >= 0.6 is 12.2 Å². The maximum atomic E-state index is 13.7. The summed E-state index contributed by atoms with van der Waals surface area (Å²) >= 11 is 5.04. The van der Waals surface area contributed by atoms with Crippen molar-refractivity contribution in [2.45, 2.75) is 19.4 Å². The monoisotopic (exact) mass is 271 g/mol. The fraction of sp³-hybridized carbons (Fsp3) is 0.273. The van der Waals surface area contributed by atoms with Gasteiger partial charge < -0.3 is 15.3 Å². The van der Waals surface area contributed by atoms with Crippen molar-refractivity contribution >= 4 is 29.2 Å². The van der Waals surface area contributed by atoms with E-state index in [4.69, 9.17) is 18.0 Å². The molecular formula is C11H11F2N3OS. The van der Waals surface area contributed by atoms with Crippen molar-refractivity contribution in [2.24, 2.45) is 5.73 Å². The van der Waals surface area contributed by atoms with Crippen LogP contribution in [0.25, 0.3) is 11.0 Å². The van der Waals surface area contributed by atoms with E-state index in [1.165, 1.54) is 10.6 Å². The van der Waals surface area contributed by atoms with Gasteiger partial charge in [0.1, 0.15) is 5.52 Å². The van der Waals surface area contributed by atoms with Gasteiger partial charge in [0, 0.05) is 13.0 Å². The summed E-state index contributed by atoms with van der Waals surface area (Å²) in [4.78, 5) is 13.4. The van der Waals surface area contributed by atoms with Crippen LogP contribution in [0.3, 0.4) is 0 Å². The molecule has 2 aromatic rings. The molecule has 1 amide bonds. The van der Waals surface area contributed by atoms with Gasteiger partial charge in [-0.2, -0.15) is 0 Å². The highest BCUT2D eigenvalue weighted by atomic mass is 32.1. The minimum Gasteiger partial charge on any atom is -0.370 e. The average molecular weight is 271 g/mol.